The van der Waals surface area contributed by atoms with Gasteiger partial charge in [0.2, 0.25) is 23.6 Å². The maximum absolute atomic E-state index is 13.0. The van der Waals surface area contributed by atoms with Gasteiger partial charge in [0.05, 0.1) is 71.6 Å². The minimum Gasteiger partial charge on any atom is -0.477 e. The molecule has 4 amide bonds. The molecule has 0 aliphatic carbocycles. The highest BCUT2D eigenvalue weighted by atomic mass is 16.8. The summed E-state index contributed by atoms with van der Waals surface area (Å²) < 4.78 is 99.0. The van der Waals surface area contributed by atoms with Crippen LogP contribution in [0, 0.1) is 0 Å². The number of amides is 4. The van der Waals surface area contributed by atoms with E-state index in [9.17, 15) is 162 Å². The zero-order valence-electron chi connectivity index (χ0n) is 63.1. The van der Waals surface area contributed by atoms with Gasteiger partial charge in [0.1, 0.15) is 213 Å². The largest absolute Gasteiger partial charge is 0.477 e. The number of carboxylic acid groups (broad SMARTS) is 1. The second kappa shape index (κ2) is 42.1. The fraction of sp³-hybridized carbons (Fsp3) is 0.923. The van der Waals surface area contributed by atoms with Gasteiger partial charge in [-0.2, -0.15) is 0 Å². The number of rotatable bonds is 32. The number of nitrogens with one attached hydrogen (secondary N) is 4. The van der Waals surface area contributed by atoms with Crippen molar-refractivity contribution in [2.24, 2.45) is 0 Å². The smallest absolute Gasteiger partial charge is 0.364 e. The Kier molecular flexibility index (Phi) is 34.7. The average Bonchev–Trinajstić information content (AvgIpc) is 0.766. The molecule has 9 heterocycles. The molecule has 9 saturated heterocycles. The van der Waals surface area contributed by atoms with E-state index in [1.54, 1.807) is 0 Å². The van der Waals surface area contributed by atoms with Crippen molar-refractivity contribution in [2.45, 2.75) is 316 Å². The van der Waals surface area contributed by atoms with Gasteiger partial charge in [-0.25, -0.2) is 4.79 Å². The Morgan fingerprint density at radius 3 is 1.14 bits per heavy atom. The first-order chi connectivity index (χ1) is 55.6. The average molecular weight is 1730 g/mol. The molecular formula is C65H108N4O49. The van der Waals surface area contributed by atoms with E-state index in [2.05, 4.69) is 21.3 Å². The van der Waals surface area contributed by atoms with Gasteiger partial charge < -0.3 is 240 Å². The van der Waals surface area contributed by atoms with Gasteiger partial charge in [-0.05, 0) is 0 Å². The number of aliphatic carboxylic acids is 1. The SMILES string of the molecule is CC(=O)N[C@H]1[C@H](O[C@H]2[C@@H](O)[C@@H](CO)O[C@@H](O[C@H]3[C@H](O)[C@@H](NC(C)=O)[C@H](OC[C@H]4O[C@@H](O[C@H]5[C@H](O)[C@@H](O)C(O)O[C@@H]5CO)[C@H](O)[C@@H](O[C@@H]5O[C@H](CO)[C@@H](O)[C@H](O[C@@H]6O[C@H](CO)[C@H](O)[C@H](O)[C@H]6O)[C@H]5NC(C)=O)[C@H]4O)O[C@@H]3CO)[C@@H]2O)O[C@H](CO)[C@@H](O[C@@H]2O[C@H](CO[C@]3(C(=O)O)C[C@H](O)[C@@H](NC(C)=O)[C@H]([C@H](O)[C@H](O)CO)O3)[C@H](O)[C@H](O)[C@H]2O)[C@@H]1O. The van der Waals surface area contributed by atoms with Crippen LogP contribution in [0.15, 0.2) is 0 Å². The molecule has 53 nitrogen and oxygen atoms in total. The first kappa shape index (κ1) is 97.4. The molecule has 9 rings (SSSR count). The molecule has 0 bridgehead atoms. The molecule has 118 heavy (non-hydrogen) atoms. The van der Waals surface area contributed by atoms with Crippen LogP contribution in [0.3, 0.4) is 0 Å². The van der Waals surface area contributed by atoms with Crippen molar-refractivity contribution >= 4 is 29.6 Å². The Labute approximate surface area is 666 Å². The number of hydrogen-bond donors (Lipinski definition) is 31. The van der Waals surface area contributed by atoms with Crippen molar-refractivity contribution in [2.75, 3.05) is 59.5 Å². The quantitative estimate of drug-likeness (QED) is 0.0297. The third-order valence-corrected chi connectivity index (χ3v) is 21.3. The molecule has 53 heteroatoms. The number of ether oxygens (including phenoxy) is 17. The highest BCUT2D eigenvalue weighted by molar-refractivity contribution is 5.77. The number of carbonyl (C=O) groups excluding carboxylic acids is 4. The van der Waals surface area contributed by atoms with Gasteiger partial charge in [-0.3, -0.25) is 19.2 Å². The van der Waals surface area contributed by atoms with Crippen molar-refractivity contribution < 1.29 is 242 Å². The maximum atomic E-state index is 13.0. The maximum Gasteiger partial charge on any atom is 0.364 e. The van der Waals surface area contributed by atoms with Crippen LogP contribution in [0.5, 0.6) is 0 Å². The number of carbonyl (C=O) groups is 5. The van der Waals surface area contributed by atoms with Crippen LogP contribution in [-0.4, -0.2) is 509 Å². The molecule has 9 fully saturated rings. The first-order valence-electron chi connectivity index (χ1n) is 37.3. The van der Waals surface area contributed by atoms with Crippen LogP contribution in [0.2, 0.25) is 0 Å². The Hall–Kier alpha value is -4.37. The first-order valence-corrected chi connectivity index (χ1v) is 37.3. The molecule has 0 spiro atoms. The molecule has 0 aromatic carbocycles. The molecule has 31 N–H and O–H groups in total. The van der Waals surface area contributed by atoms with Crippen molar-refractivity contribution in [3.63, 3.8) is 0 Å². The second-order valence-electron chi connectivity index (χ2n) is 29.6. The summed E-state index contributed by atoms with van der Waals surface area (Å²) in [6.07, 6.45) is -87.3. The zero-order valence-corrected chi connectivity index (χ0v) is 63.1. The summed E-state index contributed by atoms with van der Waals surface area (Å²) >= 11 is 0. The van der Waals surface area contributed by atoms with E-state index in [4.69, 9.17) is 80.5 Å². The van der Waals surface area contributed by atoms with Gasteiger partial charge in [-0.1, -0.05) is 0 Å². The van der Waals surface area contributed by atoms with Gasteiger partial charge >= 0.3 is 5.97 Å². The summed E-state index contributed by atoms with van der Waals surface area (Å²) in [7, 11) is 0. The van der Waals surface area contributed by atoms with E-state index >= 15 is 0 Å². The predicted octanol–water partition coefficient (Wildman–Crippen LogP) is -20.8. The molecule has 0 radical (unpaired) electrons. The molecule has 0 aromatic heterocycles. The van der Waals surface area contributed by atoms with Crippen LogP contribution in [0.25, 0.3) is 0 Å². The van der Waals surface area contributed by atoms with E-state index in [1.807, 2.05) is 0 Å². The summed E-state index contributed by atoms with van der Waals surface area (Å²) in [5.41, 5.74) is 0. The van der Waals surface area contributed by atoms with Crippen molar-refractivity contribution in [3.05, 3.63) is 0 Å². The van der Waals surface area contributed by atoms with Crippen LogP contribution >= 0.6 is 0 Å². The van der Waals surface area contributed by atoms with E-state index < -0.39 is 377 Å². The molecule has 46 atom stereocenters. The Balaban J connectivity index is 0.925. The zero-order chi connectivity index (χ0) is 87.3. The van der Waals surface area contributed by atoms with E-state index in [0.29, 0.717) is 0 Å². The molecule has 0 aromatic rings. The summed E-state index contributed by atoms with van der Waals surface area (Å²) in [5, 5.41) is 306. The van der Waals surface area contributed by atoms with Crippen LogP contribution < -0.4 is 21.3 Å². The monoisotopic (exact) mass is 1730 g/mol. The van der Waals surface area contributed by atoms with Gasteiger partial charge in [0, 0.05) is 34.1 Å². The Bertz CT molecular complexity index is 3210. The number of carboxylic acids is 1. The van der Waals surface area contributed by atoms with Gasteiger partial charge in [0.15, 0.2) is 50.3 Å². The molecule has 0 saturated carbocycles. The van der Waals surface area contributed by atoms with Crippen molar-refractivity contribution in [1.82, 2.24) is 21.3 Å². The lowest BCUT2D eigenvalue weighted by Crippen LogP contribution is -2.70. The number of hydrogen-bond acceptors (Lipinski definition) is 48. The minimum absolute atomic E-state index is 0.826. The summed E-state index contributed by atoms with van der Waals surface area (Å²) in [4.78, 5) is 63.9. The third-order valence-electron chi connectivity index (χ3n) is 21.3. The van der Waals surface area contributed by atoms with Crippen LogP contribution in [0.1, 0.15) is 34.1 Å². The Morgan fingerprint density at radius 2 is 0.686 bits per heavy atom. The van der Waals surface area contributed by atoms with Crippen LogP contribution in [-0.2, 0) is 104 Å². The van der Waals surface area contributed by atoms with Gasteiger partial charge in [0.25, 0.3) is 5.79 Å². The number of aliphatic hydroxyl groups is 26. The predicted molar refractivity (Wildman–Crippen MR) is 361 cm³/mol. The topological polar surface area (TPSA) is 837 Å². The highest BCUT2D eigenvalue weighted by Gasteiger charge is 2.62. The molecule has 1 unspecified atom stereocenters. The molecule has 9 aliphatic rings. The molecule has 9 aliphatic heterocycles. The standard InChI is InChI=1S/C65H108N4O49/c1-15(77)66-29-19(81)5-65(64(100)101,118-53(29)33(83)20(82)6-70)103-14-28-35(85)42(92)46(96)61(111-28)112-50-26(12-76)109-58(31(40(50)90)68-17(3)79)116-54-37(87)23(9-73)107-62(47(54)97)113-49-25(11-75)108-57(30(39(49)89)67-16(2)78)102-13-27-38(88)55(48(98)63(110-27)114-51-24(10-74)104-56(99)44(94)43(51)93)117-59-32(69-18(4)80)52(36(86)22(8-72)105-59)115-60-45(95)41(91)34(84)21(7-71)106-60/h19-63,70-76,81-99H,5-14H2,1-4H3,(H,66,77)(H,67,78)(H,68,79)(H,69,80)(H,100,101)/t19-,20+,21+,22+,23+,24+,25+,26+,27+,28+,29+,30+,31+,32+,33+,34-,35-,36+,37-,38-,39+,40+,41-,42-,43+,44+,45+,46+,47+,48+,49+,50+,51+,52+,53+,54-,55-,56?,57+,58-,59-,60-,61-,62-,63-,65+/m0/s1. The van der Waals surface area contributed by atoms with Crippen LogP contribution in [0.4, 0.5) is 0 Å². The summed E-state index contributed by atoms with van der Waals surface area (Å²) in [6.45, 7) is -6.34. The van der Waals surface area contributed by atoms with E-state index in [1.165, 1.54) is 0 Å². The van der Waals surface area contributed by atoms with E-state index in [-0.39, 0.29) is 0 Å². The lowest BCUT2D eigenvalue weighted by molar-refractivity contribution is -0.385. The number of aliphatic hydroxyl groups excluding tert-OH is 26. The normalized spacial score (nSPS) is 47.6. The summed E-state index contributed by atoms with van der Waals surface area (Å²) in [5.74, 6) is -8.78. The van der Waals surface area contributed by atoms with Crippen molar-refractivity contribution in [1.29, 1.82) is 0 Å². The Morgan fingerprint density at radius 1 is 0.347 bits per heavy atom. The van der Waals surface area contributed by atoms with Crippen molar-refractivity contribution in [3.8, 4) is 0 Å². The lowest BCUT2D eigenvalue weighted by atomic mass is 9.88. The lowest BCUT2D eigenvalue weighted by Gasteiger charge is -2.50. The highest BCUT2D eigenvalue weighted by Crippen LogP contribution is 2.41. The molecular weight excluding hydrogens is 1620 g/mol. The third kappa shape index (κ3) is 21.4. The second-order valence-corrected chi connectivity index (χ2v) is 29.6. The molecule has 682 valence electrons. The summed E-state index contributed by atoms with van der Waals surface area (Å²) in [6, 6.07) is -7.44. The fourth-order valence-electron chi connectivity index (χ4n) is 15.1. The fourth-order valence-corrected chi connectivity index (χ4v) is 15.1. The van der Waals surface area contributed by atoms with E-state index in [0.717, 1.165) is 27.7 Å². The van der Waals surface area contributed by atoms with Gasteiger partial charge in [-0.15, -0.1) is 0 Å². The minimum atomic E-state index is -3.05.